The predicted octanol–water partition coefficient (Wildman–Crippen LogP) is 1.93. The summed E-state index contributed by atoms with van der Waals surface area (Å²) in [5.74, 6) is 0. The number of hydrogen-bond donors (Lipinski definition) is 1. The van der Waals surface area contributed by atoms with Gasteiger partial charge in [0, 0.05) is 32.3 Å². The SMILES string of the molecule is CCN(CC1CCCO1)c1nc(CNC2CC2)co1. The average Bonchev–Trinajstić information content (AvgIpc) is 2.92. The van der Waals surface area contributed by atoms with Crippen LogP contribution in [0.1, 0.15) is 38.3 Å². The summed E-state index contributed by atoms with van der Waals surface area (Å²) >= 11 is 0. The molecule has 1 aromatic heterocycles. The van der Waals surface area contributed by atoms with E-state index in [-0.39, 0.29) is 0 Å². The van der Waals surface area contributed by atoms with Gasteiger partial charge in [-0.25, -0.2) is 0 Å². The molecule has 1 aliphatic heterocycles. The molecule has 0 radical (unpaired) electrons. The third kappa shape index (κ3) is 3.48. The fourth-order valence-electron chi connectivity index (χ4n) is 2.44. The number of oxazole rings is 1. The Labute approximate surface area is 114 Å². The van der Waals surface area contributed by atoms with Crippen LogP contribution in [0.3, 0.4) is 0 Å². The van der Waals surface area contributed by atoms with Crippen molar-refractivity contribution in [2.75, 3.05) is 24.6 Å². The minimum Gasteiger partial charge on any atom is -0.432 e. The molecule has 2 heterocycles. The van der Waals surface area contributed by atoms with Gasteiger partial charge in [0.1, 0.15) is 6.26 Å². The lowest BCUT2D eigenvalue weighted by Gasteiger charge is -2.21. The van der Waals surface area contributed by atoms with Crippen molar-refractivity contribution in [3.63, 3.8) is 0 Å². The van der Waals surface area contributed by atoms with Crippen LogP contribution in [0, 0.1) is 0 Å². The summed E-state index contributed by atoms with van der Waals surface area (Å²) in [6.07, 6.45) is 7.01. The summed E-state index contributed by atoms with van der Waals surface area (Å²) in [5, 5.41) is 3.45. The molecule has 2 aliphatic rings. The van der Waals surface area contributed by atoms with Crippen LogP contribution in [0.2, 0.25) is 0 Å². The van der Waals surface area contributed by atoms with Crippen LogP contribution in [0.15, 0.2) is 10.7 Å². The maximum absolute atomic E-state index is 5.68. The number of ether oxygens (including phenoxy) is 1. The largest absolute Gasteiger partial charge is 0.432 e. The fraction of sp³-hybridized carbons (Fsp3) is 0.786. The number of hydrogen-bond acceptors (Lipinski definition) is 5. The fourth-order valence-corrected chi connectivity index (χ4v) is 2.44. The van der Waals surface area contributed by atoms with Gasteiger partial charge in [-0.15, -0.1) is 0 Å². The third-order valence-corrected chi connectivity index (χ3v) is 3.79. The average molecular weight is 265 g/mol. The zero-order valence-corrected chi connectivity index (χ0v) is 11.6. The van der Waals surface area contributed by atoms with Crippen molar-refractivity contribution in [2.45, 2.75) is 51.3 Å². The predicted molar refractivity (Wildman–Crippen MR) is 73.2 cm³/mol. The van der Waals surface area contributed by atoms with Gasteiger partial charge in [-0.05, 0) is 32.6 Å². The van der Waals surface area contributed by atoms with E-state index in [2.05, 4.69) is 22.1 Å². The van der Waals surface area contributed by atoms with Gasteiger partial charge < -0.3 is 19.4 Å². The highest BCUT2D eigenvalue weighted by Crippen LogP contribution is 2.21. The van der Waals surface area contributed by atoms with Crippen LogP contribution in [-0.4, -0.2) is 36.8 Å². The van der Waals surface area contributed by atoms with Gasteiger partial charge in [0.2, 0.25) is 0 Å². The molecule has 0 bridgehead atoms. The maximum atomic E-state index is 5.68. The first-order chi connectivity index (χ1) is 9.35. The highest BCUT2D eigenvalue weighted by molar-refractivity contribution is 5.27. The molecule has 0 spiro atoms. The second kappa shape index (κ2) is 5.92. The van der Waals surface area contributed by atoms with Crippen molar-refractivity contribution in [2.24, 2.45) is 0 Å². The van der Waals surface area contributed by atoms with Gasteiger partial charge in [0.25, 0.3) is 6.01 Å². The summed E-state index contributed by atoms with van der Waals surface area (Å²) in [4.78, 5) is 6.73. The number of likely N-dealkylation sites (N-methyl/N-ethyl adjacent to an activating group) is 1. The van der Waals surface area contributed by atoms with E-state index in [1.807, 2.05) is 0 Å². The molecule has 1 atom stereocenters. The maximum Gasteiger partial charge on any atom is 0.297 e. The van der Waals surface area contributed by atoms with E-state index in [0.29, 0.717) is 12.1 Å². The second-order valence-corrected chi connectivity index (χ2v) is 5.45. The Hall–Kier alpha value is -1.07. The quantitative estimate of drug-likeness (QED) is 0.816. The second-order valence-electron chi connectivity index (χ2n) is 5.45. The first kappa shape index (κ1) is 12.9. The molecule has 2 fully saturated rings. The van der Waals surface area contributed by atoms with Crippen LogP contribution >= 0.6 is 0 Å². The lowest BCUT2D eigenvalue weighted by Crippen LogP contribution is -2.32. The Morgan fingerprint density at radius 2 is 2.32 bits per heavy atom. The van der Waals surface area contributed by atoms with Gasteiger partial charge >= 0.3 is 0 Å². The molecular weight excluding hydrogens is 242 g/mol. The zero-order valence-electron chi connectivity index (χ0n) is 11.6. The molecule has 0 aromatic carbocycles. The molecule has 1 aliphatic carbocycles. The lowest BCUT2D eigenvalue weighted by molar-refractivity contribution is 0.115. The summed E-state index contributed by atoms with van der Waals surface area (Å²) in [6.45, 7) is 5.61. The third-order valence-electron chi connectivity index (χ3n) is 3.79. The van der Waals surface area contributed by atoms with E-state index in [1.165, 1.54) is 19.3 Å². The van der Waals surface area contributed by atoms with Crippen molar-refractivity contribution in [1.82, 2.24) is 10.3 Å². The number of nitrogens with one attached hydrogen (secondary N) is 1. The molecule has 106 valence electrons. The Morgan fingerprint density at radius 3 is 3.00 bits per heavy atom. The minimum atomic E-state index is 0.333. The number of rotatable bonds is 7. The van der Waals surface area contributed by atoms with Crippen LogP contribution in [0.4, 0.5) is 6.01 Å². The van der Waals surface area contributed by atoms with Gasteiger partial charge in [0.15, 0.2) is 0 Å². The van der Waals surface area contributed by atoms with Gasteiger partial charge in [-0.1, -0.05) is 0 Å². The molecule has 0 amide bonds. The minimum absolute atomic E-state index is 0.333. The van der Waals surface area contributed by atoms with E-state index in [9.17, 15) is 0 Å². The normalized spacial score (nSPS) is 22.9. The summed E-state index contributed by atoms with van der Waals surface area (Å²) < 4.78 is 11.3. The molecular formula is C14H23N3O2. The Balaban J connectivity index is 1.55. The van der Waals surface area contributed by atoms with Gasteiger partial charge in [0.05, 0.1) is 11.8 Å². The molecule has 1 saturated carbocycles. The smallest absolute Gasteiger partial charge is 0.297 e. The number of anilines is 1. The molecule has 19 heavy (non-hydrogen) atoms. The van der Waals surface area contributed by atoms with E-state index < -0.39 is 0 Å². The topological polar surface area (TPSA) is 50.5 Å². The van der Waals surface area contributed by atoms with Crippen molar-refractivity contribution in [1.29, 1.82) is 0 Å². The van der Waals surface area contributed by atoms with Gasteiger partial charge in [-0.2, -0.15) is 4.98 Å². The van der Waals surface area contributed by atoms with E-state index in [4.69, 9.17) is 9.15 Å². The highest BCUT2D eigenvalue weighted by atomic mass is 16.5. The molecule has 1 aromatic rings. The molecule has 5 nitrogen and oxygen atoms in total. The molecule has 1 saturated heterocycles. The Bertz CT molecular complexity index is 397. The van der Waals surface area contributed by atoms with Gasteiger partial charge in [-0.3, -0.25) is 0 Å². The van der Waals surface area contributed by atoms with E-state index >= 15 is 0 Å². The van der Waals surface area contributed by atoms with Crippen molar-refractivity contribution < 1.29 is 9.15 Å². The lowest BCUT2D eigenvalue weighted by atomic mass is 10.2. The van der Waals surface area contributed by atoms with E-state index in [1.54, 1.807) is 6.26 Å². The number of aromatic nitrogens is 1. The van der Waals surface area contributed by atoms with Crippen molar-refractivity contribution in [3.8, 4) is 0 Å². The first-order valence-corrected chi connectivity index (χ1v) is 7.39. The highest BCUT2D eigenvalue weighted by Gasteiger charge is 2.23. The monoisotopic (exact) mass is 265 g/mol. The van der Waals surface area contributed by atoms with Crippen molar-refractivity contribution in [3.05, 3.63) is 12.0 Å². The summed E-state index contributed by atoms with van der Waals surface area (Å²) in [5.41, 5.74) is 0.993. The zero-order chi connectivity index (χ0) is 13.1. The molecule has 3 rings (SSSR count). The molecule has 1 N–H and O–H groups in total. The molecule has 5 heteroatoms. The molecule has 1 unspecified atom stereocenters. The van der Waals surface area contributed by atoms with Crippen LogP contribution < -0.4 is 10.2 Å². The van der Waals surface area contributed by atoms with Crippen LogP contribution in [0.5, 0.6) is 0 Å². The standard InChI is InChI=1S/C14H23N3O2/c1-2-17(9-13-4-3-7-18-13)14-16-12(10-19-14)8-15-11-5-6-11/h10-11,13,15H,2-9H2,1H3. The first-order valence-electron chi connectivity index (χ1n) is 7.39. The summed E-state index contributed by atoms with van der Waals surface area (Å²) in [7, 11) is 0. The summed E-state index contributed by atoms with van der Waals surface area (Å²) in [6, 6.07) is 1.43. The number of nitrogens with zero attached hydrogens (tertiary/aromatic N) is 2. The van der Waals surface area contributed by atoms with E-state index in [0.717, 1.165) is 44.4 Å². The Morgan fingerprint density at radius 1 is 1.42 bits per heavy atom. The Kier molecular flexibility index (Phi) is 4.03. The van der Waals surface area contributed by atoms with Crippen molar-refractivity contribution >= 4 is 6.01 Å². The van der Waals surface area contributed by atoms with Crippen LogP contribution in [0.25, 0.3) is 0 Å². The van der Waals surface area contributed by atoms with Crippen LogP contribution in [-0.2, 0) is 11.3 Å².